The Morgan fingerprint density at radius 2 is 1.85 bits per heavy atom. The van der Waals surface area contributed by atoms with E-state index in [2.05, 4.69) is 10.6 Å². The van der Waals surface area contributed by atoms with Crippen LogP contribution in [-0.4, -0.2) is 35.4 Å². The number of benzene rings is 2. The molecule has 174 valence electrons. The number of hydrogen-bond acceptors (Lipinski definition) is 4. The van der Waals surface area contributed by atoms with Gasteiger partial charge in [0.05, 0.1) is 6.54 Å². The highest BCUT2D eigenvalue weighted by molar-refractivity contribution is 5.92. The molecule has 1 aliphatic heterocycles. The Labute approximate surface area is 194 Å². The van der Waals surface area contributed by atoms with E-state index in [0.717, 1.165) is 24.0 Å². The van der Waals surface area contributed by atoms with Gasteiger partial charge in [-0.1, -0.05) is 55.8 Å². The molecule has 2 unspecified atom stereocenters. The fourth-order valence-corrected chi connectivity index (χ4v) is 3.93. The van der Waals surface area contributed by atoms with Gasteiger partial charge in [0.15, 0.2) is 12.1 Å². The van der Waals surface area contributed by atoms with Crippen molar-refractivity contribution in [2.75, 3.05) is 11.9 Å². The molecule has 0 aromatic heterocycles. The third kappa shape index (κ3) is 5.53. The van der Waals surface area contributed by atoms with Gasteiger partial charge >= 0.3 is 6.09 Å². The van der Waals surface area contributed by atoms with Crippen molar-refractivity contribution in [3.8, 4) is 0 Å². The first-order chi connectivity index (χ1) is 15.8. The summed E-state index contributed by atoms with van der Waals surface area (Å²) in [5, 5.41) is 5.87. The first-order valence-electron chi connectivity index (χ1n) is 11.5. The maximum absolute atomic E-state index is 13.2. The number of amides is 3. The van der Waals surface area contributed by atoms with E-state index >= 15 is 0 Å². The van der Waals surface area contributed by atoms with E-state index in [1.165, 1.54) is 4.90 Å². The smallest absolute Gasteiger partial charge is 0.411 e. The number of ether oxygens (including phenoxy) is 1. The molecule has 2 aromatic rings. The molecule has 1 heterocycles. The zero-order valence-corrected chi connectivity index (χ0v) is 19.3. The summed E-state index contributed by atoms with van der Waals surface area (Å²) >= 11 is 0. The van der Waals surface area contributed by atoms with E-state index in [-0.39, 0.29) is 17.7 Å². The number of nitrogens with zero attached hydrogens (tertiary/aromatic N) is 1. The highest BCUT2D eigenvalue weighted by Crippen LogP contribution is 2.35. The zero-order chi connectivity index (χ0) is 23.5. The quantitative estimate of drug-likeness (QED) is 0.633. The van der Waals surface area contributed by atoms with Crippen LogP contribution < -0.4 is 10.6 Å². The third-order valence-corrected chi connectivity index (χ3v) is 6.08. The molecule has 3 amide bonds. The van der Waals surface area contributed by atoms with Crippen LogP contribution in [0.1, 0.15) is 49.5 Å². The number of rotatable bonds is 8. The number of anilines is 1. The topological polar surface area (TPSA) is 87.7 Å². The SMILES string of the molecule is Cc1cccc(CN2C(=O)OC(c3ccc(NC(=O)C(C)C)cc3)C2C(=O)NCC2CC2)c1. The summed E-state index contributed by atoms with van der Waals surface area (Å²) in [6.45, 7) is 6.56. The molecule has 1 saturated heterocycles. The summed E-state index contributed by atoms with van der Waals surface area (Å²) in [6.07, 6.45) is 1.02. The number of hydrogen-bond donors (Lipinski definition) is 2. The van der Waals surface area contributed by atoms with Crippen molar-refractivity contribution in [3.05, 3.63) is 65.2 Å². The Bertz CT molecular complexity index is 1030. The van der Waals surface area contributed by atoms with Gasteiger partial charge in [-0.25, -0.2) is 4.79 Å². The second kappa shape index (κ2) is 9.65. The van der Waals surface area contributed by atoms with Crippen LogP contribution >= 0.6 is 0 Å². The van der Waals surface area contributed by atoms with E-state index in [1.54, 1.807) is 24.3 Å². The molecule has 1 aliphatic carbocycles. The molecular formula is C26H31N3O4. The van der Waals surface area contributed by atoms with Gasteiger partial charge in [0, 0.05) is 18.2 Å². The van der Waals surface area contributed by atoms with Crippen LogP contribution in [0.2, 0.25) is 0 Å². The first-order valence-corrected chi connectivity index (χ1v) is 11.5. The van der Waals surface area contributed by atoms with Crippen LogP contribution in [0.4, 0.5) is 10.5 Å². The van der Waals surface area contributed by atoms with Gasteiger partial charge in [-0.15, -0.1) is 0 Å². The van der Waals surface area contributed by atoms with Gasteiger partial charge in [0.2, 0.25) is 11.8 Å². The number of aryl methyl sites for hydroxylation is 1. The lowest BCUT2D eigenvalue weighted by Gasteiger charge is -2.24. The zero-order valence-electron chi connectivity index (χ0n) is 19.3. The Morgan fingerprint density at radius 3 is 2.48 bits per heavy atom. The fraction of sp³-hybridized carbons (Fsp3) is 0.423. The molecule has 2 aliphatic rings. The Hall–Kier alpha value is -3.35. The average molecular weight is 450 g/mol. The number of nitrogens with one attached hydrogen (secondary N) is 2. The van der Waals surface area contributed by atoms with Crippen LogP contribution in [0.15, 0.2) is 48.5 Å². The molecule has 2 N–H and O–H groups in total. The lowest BCUT2D eigenvalue weighted by molar-refractivity contribution is -0.126. The summed E-state index contributed by atoms with van der Waals surface area (Å²) in [5.41, 5.74) is 3.40. The van der Waals surface area contributed by atoms with Crippen molar-refractivity contribution in [1.82, 2.24) is 10.2 Å². The summed E-state index contributed by atoms with van der Waals surface area (Å²) < 4.78 is 5.72. The summed E-state index contributed by atoms with van der Waals surface area (Å²) in [7, 11) is 0. The molecule has 7 nitrogen and oxygen atoms in total. The van der Waals surface area contributed by atoms with Crippen LogP contribution in [0.3, 0.4) is 0 Å². The minimum atomic E-state index is -0.770. The van der Waals surface area contributed by atoms with E-state index in [9.17, 15) is 14.4 Å². The minimum Gasteiger partial charge on any atom is -0.438 e. The van der Waals surface area contributed by atoms with Gasteiger partial charge in [-0.2, -0.15) is 0 Å². The Balaban J connectivity index is 1.56. The minimum absolute atomic E-state index is 0.0725. The van der Waals surface area contributed by atoms with Crippen LogP contribution in [-0.2, 0) is 20.9 Å². The summed E-state index contributed by atoms with van der Waals surface area (Å²) in [6, 6.07) is 14.2. The van der Waals surface area contributed by atoms with E-state index in [1.807, 2.05) is 45.0 Å². The lowest BCUT2D eigenvalue weighted by atomic mass is 10.00. The second-order valence-electron chi connectivity index (χ2n) is 9.32. The van der Waals surface area contributed by atoms with Gasteiger partial charge in [-0.05, 0) is 48.9 Å². The molecule has 7 heteroatoms. The molecule has 0 bridgehead atoms. The first kappa shape index (κ1) is 22.8. The van der Waals surface area contributed by atoms with Crippen LogP contribution in [0.5, 0.6) is 0 Å². The summed E-state index contributed by atoms with van der Waals surface area (Å²) in [5.74, 6) is 0.119. The maximum Gasteiger partial charge on any atom is 0.411 e. The lowest BCUT2D eigenvalue weighted by Crippen LogP contribution is -2.46. The largest absolute Gasteiger partial charge is 0.438 e. The van der Waals surface area contributed by atoms with Crippen molar-refractivity contribution in [3.63, 3.8) is 0 Å². The van der Waals surface area contributed by atoms with Crippen molar-refractivity contribution in [2.24, 2.45) is 11.8 Å². The molecule has 2 aromatic carbocycles. The Kier molecular flexibility index (Phi) is 6.67. The summed E-state index contributed by atoms with van der Waals surface area (Å²) in [4.78, 5) is 39.6. The average Bonchev–Trinajstić information content (AvgIpc) is 3.56. The van der Waals surface area contributed by atoms with Crippen molar-refractivity contribution >= 4 is 23.6 Å². The van der Waals surface area contributed by atoms with Crippen LogP contribution in [0, 0.1) is 18.8 Å². The Morgan fingerprint density at radius 1 is 1.12 bits per heavy atom. The maximum atomic E-state index is 13.2. The van der Waals surface area contributed by atoms with Crippen molar-refractivity contribution < 1.29 is 19.1 Å². The molecule has 0 radical (unpaired) electrons. The monoisotopic (exact) mass is 449 g/mol. The number of carbonyl (C=O) groups excluding carboxylic acids is 3. The molecule has 0 spiro atoms. The van der Waals surface area contributed by atoms with Gasteiger partial charge < -0.3 is 15.4 Å². The predicted molar refractivity (Wildman–Crippen MR) is 125 cm³/mol. The van der Waals surface area contributed by atoms with Crippen molar-refractivity contribution in [1.29, 1.82) is 0 Å². The standard InChI is InChI=1S/C26H31N3O4/c1-16(2)24(30)28-21-11-9-20(10-12-21)23-22(25(31)27-14-18-7-8-18)29(26(32)33-23)15-19-6-4-5-17(3)13-19/h4-6,9-13,16,18,22-23H,7-8,14-15H2,1-3H3,(H,27,31)(H,28,30). The predicted octanol–water partition coefficient (Wildman–Crippen LogP) is 4.18. The molecule has 1 saturated carbocycles. The van der Waals surface area contributed by atoms with Gasteiger partial charge in [0.1, 0.15) is 0 Å². The molecule has 2 fully saturated rings. The van der Waals surface area contributed by atoms with Gasteiger partial charge in [-0.3, -0.25) is 14.5 Å². The molecule has 2 atom stereocenters. The van der Waals surface area contributed by atoms with Crippen molar-refractivity contribution in [2.45, 2.75) is 52.3 Å². The molecular weight excluding hydrogens is 418 g/mol. The highest BCUT2D eigenvalue weighted by atomic mass is 16.6. The second-order valence-corrected chi connectivity index (χ2v) is 9.32. The van der Waals surface area contributed by atoms with E-state index in [0.29, 0.717) is 30.3 Å². The van der Waals surface area contributed by atoms with Gasteiger partial charge in [0.25, 0.3) is 0 Å². The molecule has 33 heavy (non-hydrogen) atoms. The van der Waals surface area contributed by atoms with E-state index in [4.69, 9.17) is 4.74 Å². The molecule has 4 rings (SSSR count). The third-order valence-electron chi connectivity index (χ3n) is 6.08. The number of carbonyl (C=O) groups is 3. The normalized spacial score (nSPS) is 20.0. The fourth-order valence-electron chi connectivity index (χ4n) is 3.93. The highest BCUT2D eigenvalue weighted by Gasteiger charge is 2.47. The van der Waals surface area contributed by atoms with Crippen LogP contribution in [0.25, 0.3) is 0 Å². The number of cyclic esters (lactones) is 1. The van der Waals surface area contributed by atoms with E-state index < -0.39 is 18.2 Å².